The number of allylic oxidation sites excluding steroid dienone is 1. The van der Waals surface area contributed by atoms with Gasteiger partial charge in [0.2, 0.25) is 0 Å². The normalized spacial score (nSPS) is 14.9. The van der Waals surface area contributed by atoms with Gasteiger partial charge in [-0.2, -0.15) is 0 Å². The second-order valence-electron chi connectivity index (χ2n) is 10.3. The van der Waals surface area contributed by atoms with Gasteiger partial charge in [-0.25, -0.2) is 9.79 Å². The molecule has 0 aliphatic carbocycles. The van der Waals surface area contributed by atoms with E-state index < -0.39 is 12.0 Å². The number of carbonyl (C=O) groups is 1. The Morgan fingerprint density at radius 2 is 1.80 bits per heavy atom. The van der Waals surface area contributed by atoms with Crippen molar-refractivity contribution in [2.24, 2.45) is 4.99 Å². The molecule has 0 saturated carbocycles. The molecule has 0 radical (unpaired) electrons. The molecule has 5 aromatic rings. The molecule has 0 unspecified atom stereocenters. The van der Waals surface area contributed by atoms with Gasteiger partial charge in [0.15, 0.2) is 16.3 Å². The fourth-order valence-corrected chi connectivity index (χ4v) is 7.23. The zero-order chi connectivity index (χ0) is 31.1. The average molecular weight is 673 g/mol. The zero-order valence-corrected chi connectivity index (χ0v) is 27.3. The molecule has 10 heteroatoms. The number of aryl methyl sites for hydroxylation is 1. The van der Waals surface area contributed by atoms with E-state index >= 15 is 0 Å². The van der Waals surface area contributed by atoms with Crippen LogP contribution < -0.4 is 24.4 Å². The van der Waals surface area contributed by atoms with E-state index in [4.69, 9.17) is 19.2 Å². The van der Waals surface area contributed by atoms with Gasteiger partial charge in [0.1, 0.15) is 0 Å². The molecular weight excluding hydrogens is 642 g/mol. The van der Waals surface area contributed by atoms with Crippen molar-refractivity contribution in [1.82, 2.24) is 9.55 Å². The first-order valence-corrected chi connectivity index (χ1v) is 15.7. The Hall–Kier alpha value is -4.41. The average Bonchev–Trinajstić information content (AvgIpc) is 3.54. The summed E-state index contributed by atoms with van der Waals surface area (Å²) in [5.74, 6) is 0.442. The first-order chi connectivity index (χ1) is 21.3. The fourth-order valence-electron chi connectivity index (χ4n) is 5.66. The number of thiazole rings is 1. The molecule has 0 fully saturated rings. The van der Waals surface area contributed by atoms with Crippen molar-refractivity contribution in [3.8, 4) is 22.8 Å². The van der Waals surface area contributed by atoms with E-state index in [1.54, 1.807) is 44.8 Å². The van der Waals surface area contributed by atoms with E-state index in [1.807, 2.05) is 42.5 Å². The fraction of sp³-hybridized carbons (Fsp3) is 0.206. The van der Waals surface area contributed by atoms with E-state index in [-0.39, 0.29) is 17.7 Å². The standard InChI is InChI=1S/C34H30BrN3O5S/c1-6-43-33(40)28-19(3)36-34-38(31(28)23-15-25(41-4)26(42-5)17-24(23)35)32(39)27(44-34)16-22-21-14-10-11-18(2)29(21)37-30(22)20-12-8-7-9-13-20/h7-17,31,37H,6H2,1-5H3/b27-16+/t31-/m1/s1. The van der Waals surface area contributed by atoms with Crippen molar-refractivity contribution < 1.29 is 19.0 Å². The Morgan fingerprint density at radius 3 is 2.50 bits per heavy atom. The lowest BCUT2D eigenvalue weighted by Gasteiger charge is -2.26. The number of H-pyrrole nitrogens is 1. The quantitative estimate of drug-likeness (QED) is 0.213. The first kappa shape index (κ1) is 29.7. The van der Waals surface area contributed by atoms with E-state index in [9.17, 15) is 9.59 Å². The van der Waals surface area contributed by atoms with Gasteiger partial charge in [-0.05, 0) is 55.7 Å². The van der Waals surface area contributed by atoms with E-state index in [0.29, 0.717) is 36.6 Å². The van der Waals surface area contributed by atoms with Crippen LogP contribution >= 0.6 is 27.3 Å². The highest BCUT2D eigenvalue weighted by molar-refractivity contribution is 9.10. The Labute approximate surface area is 266 Å². The van der Waals surface area contributed by atoms with Crippen LogP contribution in [-0.4, -0.2) is 36.3 Å². The highest BCUT2D eigenvalue weighted by Crippen LogP contribution is 2.41. The monoisotopic (exact) mass is 671 g/mol. The van der Waals surface area contributed by atoms with Gasteiger partial charge >= 0.3 is 5.97 Å². The molecule has 1 atom stereocenters. The maximum atomic E-state index is 14.4. The summed E-state index contributed by atoms with van der Waals surface area (Å²) in [4.78, 5) is 36.7. The predicted octanol–water partition coefficient (Wildman–Crippen LogP) is 6.03. The zero-order valence-electron chi connectivity index (χ0n) is 24.9. The number of nitrogens with one attached hydrogen (secondary N) is 1. The number of benzene rings is 3. The van der Waals surface area contributed by atoms with E-state index in [1.165, 1.54) is 11.3 Å². The van der Waals surface area contributed by atoms with Crippen molar-refractivity contribution in [3.63, 3.8) is 0 Å². The Balaban J connectivity index is 1.64. The smallest absolute Gasteiger partial charge is 0.338 e. The number of carbonyl (C=O) groups excluding carboxylic acids is 1. The summed E-state index contributed by atoms with van der Waals surface area (Å²) in [5.41, 5.74) is 6.09. The highest BCUT2D eigenvalue weighted by Gasteiger charge is 2.35. The molecule has 1 aliphatic rings. The maximum Gasteiger partial charge on any atom is 0.338 e. The topological polar surface area (TPSA) is 94.9 Å². The molecule has 0 spiro atoms. The number of ether oxygens (including phenoxy) is 3. The van der Waals surface area contributed by atoms with Crippen LogP contribution in [0.3, 0.4) is 0 Å². The SMILES string of the molecule is CCOC(=O)C1=C(C)N=c2s/c(=C/c3c(-c4ccccc4)[nH]c4c(C)cccc34)c(=O)n2[C@@H]1c1cc(OC)c(OC)cc1Br. The van der Waals surface area contributed by atoms with Gasteiger partial charge < -0.3 is 19.2 Å². The third kappa shape index (κ3) is 4.97. The van der Waals surface area contributed by atoms with Crippen molar-refractivity contribution in [1.29, 1.82) is 0 Å². The molecular formula is C34H30BrN3O5S. The molecule has 0 amide bonds. The van der Waals surface area contributed by atoms with Gasteiger partial charge in [-0.3, -0.25) is 9.36 Å². The minimum Gasteiger partial charge on any atom is -0.493 e. The highest BCUT2D eigenvalue weighted by atomic mass is 79.9. The third-order valence-electron chi connectivity index (χ3n) is 7.73. The van der Waals surface area contributed by atoms with Crippen LogP contribution in [0.4, 0.5) is 0 Å². The Morgan fingerprint density at radius 1 is 1.07 bits per heavy atom. The lowest BCUT2D eigenvalue weighted by atomic mass is 9.95. The maximum absolute atomic E-state index is 14.4. The summed E-state index contributed by atoms with van der Waals surface area (Å²) < 4.78 is 19.3. The molecule has 0 bridgehead atoms. The molecule has 3 heterocycles. The third-order valence-corrected chi connectivity index (χ3v) is 9.40. The van der Waals surface area contributed by atoms with Crippen LogP contribution in [0.2, 0.25) is 0 Å². The summed E-state index contributed by atoms with van der Waals surface area (Å²) in [6.07, 6.45) is 1.93. The summed E-state index contributed by atoms with van der Waals surface area (Å²) in [6, 6.07) is 18.9. The number of aromatic amines is 1. The number of halogens is 1. The molecule has 3 aromatic carbocycles. The molecule has 224 valence electrons. The summed E-state index contributed by atoms with van der Waals surface area (Å²) >= 11 is 4.95. The number of para-hydroxylation sites is 1. The molecule has 1 aliphatic heterocycles. The number of esters is 1. The second kappa shape index (κ2) is 11.9. The second-order valence-corrected chi connectivity index (χ2v) is 12.2. The van der Waals surface area contributed by atoms with Crippen molar-refractivity contribution in [3.05, 3.63) is 113 Å². The van der Waals surface area contributed by atoms with Crippen LogP contribution in [0.15, 0.2) is 86.2 Å². The van der Waals surface area contributed by atoms with Crippen LogP contribution in [0.25, 0.3) is 28.2 Å². The number of aromatic nitrogens is 2. The summed E-state index contributed by atoms with van der Waals surface area (Å²) in [5, 5.41) is 1.01. The molecule has 1 N–H and O–H groups in total. The van der Waals surface area contributed by atoms with E-state index in [0.717, 1.165) is 33.3 Å². The molecule has 44 heavy (non-hydrogen) atoms. The van der Waals surface area contributed by atoms with E-state index in [2.05, 4.69) is 40.0 Å². The van der Waals surface area contributed by atoms with Crippen molar-refractivity contribution in [2.75, 3.05) is 20.8 Å². The van der Waals surface area contributed by atoms with Crippen LogP contribution in [0.5, 0.6) is 11.5 Å². The molecule has 6 rings (SSSR count). The minimum atomic E-state index is -0.819. The lowest BCUT2D eigenvalue weighted by Crippen LogP contribution is -2.40. The number of nitrogens with zero attached hydrogens (tertiary/aromatic N) is 2. The van der Waals surface area contributed by atoms with Gasteiger partial charge in [-0.15, -0.1) is 0 Å². The van der Waals surface area contributed by atoms with Gasteiger partial charge in [0.05, 0.1) is 48.4 Å². The molecule has 0 saturated heterocycles. The van der Waals surface area contributed by atoms with Crippen LogP contribution in [0.1, 0.15) is 36.6 Å². The van der Waals surface area contributed by atoms with Crippen LogP contribution in [0, 0.1) is 6.92 Å². The number of rotatable bonds is 7. The summed E-state index contributed by atoms with van der Waals surface area (Å²) in [7, 11) is 3.10. The minimum absolute atomic E-state index is 0.183. The predicted molar refractivity (Wildman–Crippen MR) is 176 cm³/mol. The number of hydrogen-bond donors (Lipinski definition) is 1. The molecule has 8 nitrogen and oxygen atoms in total. The van der Waals surface area contributed by atoms with Crippen LogP contribution in [-0.2, 0) is 9.53 Å². The first-order valence-electron chi connectivity index (χ1n) is 14.0. The van der Waals surface area contributed by atoms with Crippen molar-refractivity contribution >= 4 is 50.2 Å². The Bertz CT molecular complexity index is 2140. The van der Waals surface area contributed by atoms with Gasteiger partial charge in [-0.1, -0.05) is 75.8 Å². The van der Waals surface area contributed by atoms with Gasteiger partial charge in [0, 0.05) is 20.9 Å². The molecule has 2 aromatic heterocycles. The lowest BCUT2D eigenvalue weighted by molar-refractivity contribution is -0.139. The van der Waals surface area contributed by atoms with Crippen molar-refractivity contribution in [2.45, 2.75) is 26.8 Å². The largest absolute Gasteiger partial charge is 0.493 e. The number of methoxy groups -OCH3 is 2. The Kier molecular flexibility index (Phi) is 8.04. The summed E-state index contributed by atoms with van der Waals surface area (Å²) in [6.45, 7) is 5.76. The number of fused-ring (bicyclic) bond motifs is 2. The number of hydrogen-bond acceptors (Lipinski definition) is 7. The van der Waals surface area contributed by atoms with Gasteiger partial charge in [0.25, 0.3) is 5.56 Å².